The Bertz CT molecular complexity index is 1400. The molecule has 0 unspecified atom stereocenters. The van der Waals surface area contributed by atoms with E-state index in [1.165, 1.54) is 0 Å². The standard InChI is InChI=1S/C25H23N3O2S/c1-25(2,3)28-31(29,30)23-12-8-7-11-20(23)19-14-15-21-22(17-19)27-24(26-21)16-13-18-9-5-4-6-10-18/h4-12,14-15,17,28H,1-3H3,(H,26,27). The van der Waals surface area contributed by atoms with Gasteiger partial charge in [0.1, 0.15) is 0 Å². The largest absolute Gasteiger partial charge is 0.331 e. The summed E-state index contributed by atoms with van der Waals surface area (Å²) >= 11 is 0. The van der Waals surface area contributed by atoms with Crippen LogP contribution in [0, 0.1) is 11.8 Å². The third kappa shape index (κ3) is 4.85. The van der Waals surface area contributed by atoms with Crippen LogP contribution in [0.4, 0.5) is 0 Å². The van der Waals surface area contributed by atoms with E-state index in [4.69, 9.17) is 0 Å². The Morgan fingerprint density at radius 2 is 1.61 bits per heavy atom. The lowest BCUT2D eigenvalue weighted by molar-refractivity contribution is 0.491. The van der Waals surface area contributed by atoms with Gasteiger partial charge >= 0.3 is 0 Å². The summed E-state index contributed by atoms with van der Waals surface area (Å²) in [6, 6.07) is 22.4. The predicted molar refractivity (Wildman–Crippen MR) is 124 cm³/mol. The highest BCUT2D eigenvalue weighted by Crippen LogP contribution is 2.30. The number of nitrogens with zero attached hydrogens (tertiary/aromatic N) is 1. The molecule has 156 valence electrons. The summed E-state index contributed by atoms with van der Waals surface area (Å²) in [5, 5.41) is 0. The molecule has 0 saturated heterocycles. The molecule has 0 radical (unpaired) electrons. The van der Waals surface area contributed by atoms with Gasteiger partial charge in [-0.15, -0.1) is 0 Å². The normalized spacial score (nSPS) is 11.8. The minimum absolute atomic E-state index is 0.243. The van der Waals surface area contributed by atoms with E-state index in [1.54, 1.807) is 12.1 Å². The van der Waals surface area contributed by atoms with Crippen LogP contribution in [-0.2, 0) is 10.0 Å². The minimum Gasteiger partial charge on any atom is -0.331 e. The van der Waals surface area contributed by atoms with Gasteiger partial charge in [-0.1, -0.05) is 48.4 Å². The Balaban J connectivity index is 1.73. The Hall–Kier alpha value is -3.40. The average molecular weight is 430 g/mol. The lowest BCUT2D eigenvalue weighted by Gasteiger charge is -2.21. The Morgan fingerprint density at radius 1 is 0.903 bits per heavy atom. The molecule has 4 aromatic rings. The second-order valence-corrected chi connectivity index (χ2v) is 9.94. The third-order valence-electron chi connectivity index (χ3n) is 4.51. The molecule has 0 atom stereocenters. The van der Waals surface area contributed by atoms with Crippen molar-refractivity contribution in [3.8, 4) is 23.0 Å². The molecular formula is C25H23N3O2S. The van der Waals surface area contributed by atoms with Gasteiger partial charge in [0, 0.05) is 16.7 Å². The van der Waals surface area contributed by atoms with Crippen LogP contribution in [0.3, 0.4) is 0 Å². The second-order valence-electron chi connectivity index (χ2n) is 8.29. The summed E-state index contributed by atoms with van der Waals surface area (Å²) in [5.74, 6) is 6.70. The Morgan fingerprint density at radius 3 is 2.35 bits per heavy atom. The Labute approximate surface area is 182 Å². The summed E-state index contributed by atoms with van der Waals surface area (Å²) in [5.41, 5.74) is 3.32. The maximum atomic E-state index is 13.0. The smallest absolute Gasteiger partial charge is 0.241 e. The number of hydrogen-bond donors (Lipinski definition) is 2. The quantitative estimate of drug-likeness (QED) is 0.463. The summed E-state index contributed by atoms with van der Waals surface area (Å²) in [6.07, 6.45) is 0. The van der Waals surface area contributed by atoms with Gasteiger partial charge in [0.05, 0.1) is 15.9 Å². The first-order valence-electron chi connectivity index (χ1n) is 9.91. The molecule has 0 bridgehead atoms. The molecule has 1 aromatic heterocycles. The first-order valence-corrected chi connectivity index (χ1v) is 11.4. The molecule has 0 aliphatic heterocycles. The highest BCUT2D eigenvalue weighted by molar-refractivity contribution is 7.89. The van der Waals surface area contributed by atoms with Gasteiger partial charge in [0.15, 0.2) is 5.82 Å². The van der Waals surface area contributed by atoms with Crippen molar-refractivity contribution < 1.29 is 8.42 Å². The molecule has 0 fully saturated rings. The van der Waals surface area contributed by atoms with Gasteiger partial charge in [0.25, 0.3) is 0 Å². The van der Waals surface area contributed by atoms with Gasteiger partial charge < -0.3 is 4.98 Å². The van der Waals surface area contributed by atoms with Crippen molar-refractivity contribution in [3.63, 3.8) is 0 Å². The van der Waals surface area contributed by atoms with Gasteiger partial charge in [-0.2, -0.15) is 0 Å². The first kappa shape index (κ1) is 20.9. The predicted octanol–water partition coefficient (Wildman–Crippen LogP) is 4.71. The number of aromatic amines is 1. The maximum Gasteiger partial charge on any atom is 0.241 e. The zero-order chi connectivity index (χ0) is 22.1. The van der Waals surface area contributed by atoms with Crippen molar-refractivity contribution in [1.82, 2.24) is 14.7 Å². The molecule has 4 rings (SSSR count). The van der Waals surface area contributed by atoms with E-state index in [9.17, 15) is 8.42 Å². The zero-order valence-electron chi connectivity index (χ0n) is 17.6. The van der Waals surface area contributed by atoms with E-state index in [0.717, 1.165) is 22.2 Å². The van der Waals surface area contributed by atoms with Crippen molar-refractivity contribution in [2.75, 3.05) is 0 Å². The molecule has 3 aromatic carbocycles. The monoisotopic (exact) mass is 429 g/mol. The van der Waals surface area contributed by atoms with Crippen molar-refractivity contribution in [2.45, 2.75) is 31.2 Å². The minimum atomic E-state index is -3.68. The number of benzene rings is 3. The molecule has 0 aliphatic carbocycles. The SMILES string of the molecule is CC(C)(C)NS(=O)(=O)c1ccccc1-c1ccc2nc(C#Cc3ccccc3)[nH]c2c1. The van der Waals surface area contributed by atoms with Crippen molar-refractivity contribution in [2.24, 2.45) is 0 Å². The third-order valence-corrected chi connectivity index (χ3v) is 6.33. The molecule has 5 nitrogen and oxygen atoms in total. The van der Waals surface area contributed by atoms with Crippen LogP contribution in [0.2, 0.25) is 0 Å². The summed E-state index contributed by atoms with van der Waals surface area (Å²) in [6.45, 7) is 5.46. The van der Waals surface area contributed by atoms with E-state index in [0.29, 0.717) is 11.4 Å². The van der Waals surface area contributed by atoms with Gasteiger partial charge in [-0.05, 0) is 62.6 Å². The van der Waals surface area contributed by atoms with Crippen LogP contribution < -0.4 is 4.72 Å². The molecule has 0 spiro atoms. The summed E-state index contributed by atoms with van der Waals surface area (Å²) < 4.78 is 28.7. The van der Waals surface area contributed by atoms with E-state index < -0.39 is 15.6 Å². The van der Waals surface area contributed by atoms with Crippen LogP contribution in [0.15, 0.2) is 77.7 Å². The number of rotatable bonds is 3. The van der Waals surface area contributed by atoms with Crippen molar-refractivity contribution in [1.29, 1.82) is 0 Å². The summed E-state index contributed by atoms with van der Waals surface area (Å²) in [4.78, 5) is 7.99. The maximum absolute atomic E-state index is 13.0. The fraction of sp³-hybridized carbons (Fsp3) is 0.160. The molecule has 0 amide bonds. The number of hydrogen-bond acceptors (Lipinski definition) is 3. The van der Waals surface area contributed by atoms with E-state index in [1.807, 2.05) is 81.4 Å². The van der Waals surface area contributed by atoms with E-state index in [2.05, 4.69) is 26.5 Å². The fourth-order valence-electron chi connectivity index (χ4n) is 3.29. The number of aromatic nitrogens is 2. The number of H-pyrrole nitrogens is 1. The summed E-state index contributed by atoms with van der Waals surface area (Å²) in [7, 11) is -3.68. The average Bonchev–Trinajstić information content (AvgIpc) is 3.13. The highest BCUT2D eigenvalue weighted by Gasteiger charge is 2.24. The van der Waals surface area contributed by atoms with Crippen LogP contribution in [-0.4, -0.2) is 23.9 Å². The van der Waals surface area contributed by atoms with Crippen LogP contribution >= 0.6 is 0 Å². The van der Waals surface area contributed by atoms with Gasteiger partial charge in [0.2, 0.25) is 10.0 Å². The highest BCUT2D eigenvalue weighted by atomic mass is 32.2. The van der Waals surface area contributed by atoms with Crippen LogP contribution in [0.1, 0.15) is 32.2 Å². The second kappa shape index (κ2) is 8.03. The zero-order valence-corrected chi connectivity index (χ0v) is 18.4. The molecular weight excluding hydrogens is 406 g/mol. The van der Waals surface area contributed by atoms with Crippen molar-refractivity contribution in [3.05, 3.63) is 84.2 Å². The number of sulfonamides is 1. The lowest BCUT2D eigenvalue weighted by atomic mass is 10.1. The van der Waals surface area contributed by atoms with Crippen molar-refractivity contribution >= 4 is 21.1 Å². The topological polar surface area (TPSA) is 74.8 Å². The van der Waals surface area contributed by atoms with Gasteiger partial charge in [-0.3, -0.25) is 0 Å². The number of nitrogens with one attached hydrogen (secondary N) is 2. The van der Waals surface area contributed by atoms with Crippen LogP contribution in [0.25, 0.3) is 22.2 Å². The first-order chi connectivity index (χ1) is 14.7. The van der Waals surface area contributed by atoms with Gasteiger partial charge in [-0.25, -0.2) is 18.1 Å². The Kier molecular flexibility index (Phi) is 5.40. The van der Waals surface area contributed by atoms with E-state index >= 15 is 0 Å². The van der Waals surface area contributed by atoms with Crippen LogP contribution in [0.5, 0.6) is 0 Å². The molecule has 31 heavy (non-hydrogen) atoms. The number of imidazole rings is 1. The molecule has 0 aliphatic rings. The lowest BCUT2D eigenvalue weighted by Crippen LogP contribution is -2.40. The number of fused-ring (bicyclic) bond motifs is 1. The molecule has 2 N–H and O–H groups in total. The molecule has 0 saturated carbocycles. The molecule has 1 heterocycles. The molecule has 6 heteroatoms. The van der Waals surface area contributed by atoms with E-state index in [-0.39, 0.29) is 4.90 Å². The fourth-order valence-corrected chi connectivity index (χ4v) is 4.94.